The third-order valence-electron chi connectivity index (χ3n) is 5.03. The number of hydrogen-bond donors (Lipinski definition) is 1. The van der Waals surface area contributed by atoms with E-state index in [9.17, 15) is 9.59 Å². The maximum absolute atomic E-state index is 12.7. The second-order valence-electron chi connectivity index (χ2n) is 6.98. The molecular weight excluding hydrogens is 424 g/mol. The van der Waals surface area contributed by atoms with Gasteiger partial charge < -0.3 is 14.2 Å². The highest BCUT2D eigenvalue weighted by atomic mass is 35.5. The molecule has 1 aromatic carbocycles. The van der Waals surface area contributed by atoms with Gasteiger partial charge in [0.1, 0.15) is 5.76 Å². The lowest BCUT2D eigenvalue weighted by Crippen LogP contribution is -2.49. The first-order chi connectivity index (χ1) is 14.5. The largest absolute Gasteiger partial charge is 0.469 e. The number of anilines is 2. The van der Waals surface area contributed by atoms with Gasteiger partial charge in [0, 0.05) is 31.6 Å². The molecule has 3 heterocycles. The zero-order valence-corrected chi connectivity index (χ0v) is 18.0. The highest BCUT2D eigenvalue weighted by molar-refractivity contribution is 7.14. The molecule has 0 saturated carbocycles. The van der Waals surface area contributed by atoms with E-state index in [4.69, 9.17) is 16.0 Å². The Bertz CT molecular complexity index is 1060. The summed E-state index contributed by atoms with van der Waals surface area (Å²) in [5.41, 5.74) is 2.12. The molecule has 2 aromatic heterocycles. The van der Waals surface area contributed by atoms with Gasteiger partial charge in [-0.25, -0.2) is 4.98 Å². The molecule has 1 fully saturated rings. The first-order valence-electron chi connectivity index (χ1n) is 9.58. The van der Waals surface area contributed by atoms with Crippen molar-refractivity contribution in [3.05, 3.63) is 64.0 Å². The van der Waals surface area contributed by atoms with Gasteiger partial charge in [-0.15, -0.1) is 11.3 Å². The number of hydrogen-bond acceptors (Lipinski definition) is 6. The van der Waals surface area contributed by atoms with Crippen LogP contribution in [0.1, 0.15) is 21.8 Å². The SMILES string of the molecule is Cc1occc1C(=O)Nc1nc(CC(=O)N2CCN(c3ccccc3Cl)CC2)cs1. The maximum Gasteiger partial charge on any atom is 0.260 e. The summed E-state index contributed by atoms with van der Waals surface area (Å²) in [6.07, 6.45) is 1.69. The number of carbonyl (C=O) groups excluding carboxylic acids is 2. The van der Waals surface area contributed by atoms with E-state index in [0.717, 1.165) is 23.8 Å². The summed E-state index contributed by atoms with van der Waals surface area (Å²) in [6.45, 7) is 4.47. The van der Waals surface area contributed by atoms with Gasteiger partial charge in [-0.05, 0) is 25.1 Å². The van der Waals surface area contributed by atoms with Crippen LogP contribution in [0.5, 0.6) is 0 Å². The number of carbonyl (C=O) groups is 2. The molecule has 4 rings (SSSR count). The average Bonchev–Trinajstić information content (AvgIpc) is 3.37. The van der Waals surface area contributed by atoms with Crippen LogP contribution in [0.15, 0.2) is 46.4 Å². The van der Waals surface area contributed by atoms with Gasteiger partial charge >= 0.3 is 0 Å². The van der Waals surface area contributed by atoms with E-state index in [1.54, 1.807) is 18.4 Å². The molecule has 0 spiro atoms. The fourth-order valence-electron chi connectivity index (χ4n) is 3.40. The van der Waals surface area contributed by atoms with Crippen molar-refractivity contribution in [2.75, 3.05) is 36.4 Å². The third-order valence-corrected chi connectivity index (χ3v) is 6.16. The molecule has 1 N–H and O–H groups in total. The number of aryl methyl sites for hydroxylation is 1. The molecule has 0 aliphatic carbocycles. The molecule has 7 nitrogen and oxygen atoms in total. The monoisotopic (exact) mass is 444 g/mol. The van der Waals surface area contributed by atoms with Crippen molar-refractivity contribution in [1.29, 1.82) is 0 Å². The minimum absolute atomic E-state index is 0.0302. The van der Waals surface area contributed by atoms with Gasteiger partial charge in [0.2, 0.25) is 5.91 Å². The summed E-state index contributed by atoms with van der Waals surface area (Å²) in [5.74, 6) is 0.308. The third kappa shape index (κ3) is 4.49. The Kier molecular flexibility index (Phi) is 6.06. The number of piperazine rings is 1. The number of furan rings is 1. The van der Waals surface area contributed by atoms with Crippen LogP contribution in [0.4, 0.5) is 10.8 Å². The second-order valence-corrected chi connectivity index (χ2v) is 8.25. The van der Waals surface area contributed by atoms with Crippen LogP contribution in [-0.4, -0.2) is 47.9 Å². The van der Waals surface area contributed by atoms with Crippen LogP contribution in [0.3, 0.4) is 0 Å². The predicted molar refractivity (Wildman–Crippen MR) is 117 cm³/mol. The quantitative estimate of drug-likeness (QED) is 0.646. The number of thiazole rings is 1. The van der Waals surface area contributed by atoms with Gasteiger partial charge in [-0.3, -0.25) is 14.9 Å². The first kappa shape index (κ1) is 20.4. The topological polar surface area (TPSA) is 78.7 Å². The summed E-state index contributed by atoms with van der Waals surface area (Å²) in [5, 5.41) is 5.74. The summed E-state index contributed by atoms with van der Waals surface area (Å²) in [7, 11) is 0. The van der Waals surface area contributed by atoms with E-state index >= 15 is 0 Å². The van der Waals surface area contributed by atoms with Crippen molar-refractivity contribution in [1.82, 2.24) is 9.88 Å². The molecule has 9 heteroatoms. The molecule has 0 radical (unpaired) electrons. The Hall–Kier alpha value is -2.84. The minimum Gasteiger partial charge on any atom is -0.469 e. The van der Waals surface area contributed by atoms with E-state index in [0.29, 0.717) is 35.2 Å². The van der Waals surface area contributed by atoms with Crippen LogP contribution >= 0.6 is 22.9 Å². The molecule has 1 aliphatic rings. The standard InChI is InChI=1S/C21H21ClN4O3S/c1-14-16(6-11-29-14)20(28)24-21-23-15(13-30-21)12-19(27)26-9-7-25(8-10-26)18-5-3-2-4-17(18)22/h2-6,11,13H,7-10,12H2,1H3,(H,23,24,28). The summed E-state index contributed by atoms with van der Waals surface area (Å²) in [4.78, 5) is 33.4. The molecule has 156 valence electrons. The van der Waals surface area contributed by atoms with Gasteiger partial charge in [0.05, 0.1) is 34.7 Å². The van der Waals surface area contributed by atoms with Crippen molar-refractivity contribution >= 4 is 45.6 Å². The Morgan fingerprint density at radius 2 is 1.97 bits per heavy atom. The molecular formula is C21H21ClN4O3S. The lowest BCUT2D eigenvalue weighted by Gasteiger charge is -2.36. The maximum atomic E-state index is 12.7. The number of amides is 2. The van der Waals surface area contributed by atoms with Gasteiger partial charge in [-0.1, -0.05) is 23.7 Å². The molecule has 2 amide bonds. The minimum atomic E-state index is -0.274. The molecule has 1 saturated heterocycles. The van der Waals surface area contributed by atoms with Gasteiger partial charge in [-0.2, -0.15) is 0 Å². The molecule has 0 atom stereocenters. The number of halogens is 1. The van der Waals surface area contributed by atoms with Crippen LogP contribution in [0.25, 0.3) is 0 Å². The van der Waals surface area contributed by atoms with Crippen molar-refractivity contribution in [3.8, 4) is 0 Å². The average molecular weight is 445 g/mol. The van der Waals surface area contributed by atoms with Crippen molar-refractivity contribution in [3.63, 3.8) is 0 Å². The normalized spacial score (nSPS) is 14.1. The number of rotatable bonds is 5. The Morgan fingerprint density at radius 3 is 2.67 bits per heavy atom. The van der Waals surface area contributed by atoms with Crippen LogP contribution in [-0.2, 0) is 11.2 Å². The van der Waals surface area contributed by atoms with Crippen molar-refractivity contribution < 1.29 is 14.0 Å². The van der Waals surface area contributed by atoms with Gasteiger partial charge in [0.15, 0.2) is 5.13 Å². The van der Waals surface area contributed by atoms with Gasteiger partial charge in [0.25, 0.3) is 5.91 Å². The van der Waals surface area contributed by atoms with E-state index in [1.807, 2.05) is 29.2 Å². The summed E-state index contributed by atoms with van der Waals surface area (Å²) < 4.78 is 5.15. The number of nitrogens with one attached hydrogen (secondary N) is 1. The van der Waals surface area contributed by atoms with Crippen molar-refractivity contribution in [2.45, 2.75) is 13.3 Å². The number of benzene rings is 1. The lowest BCUT2D eigenvalue weighted by molar-refractivity contribution is -0.130. The Balaban J connectivity index is 1.30. The van der Waals surface area contributed by atoms with E-state index < -0.39 is 0 Å². The van der Waals surface area contributed by atoms with E-state index in [1.165, 1.54) is 17.6 Å². The number of para-hydroxylation sites is 1. The second kappa shape index (κ2) is 8.89. The number of nitrogens with zero attached hydrogens (tertiary/aromatic N) is 3. The number of aromatic nitrogens is 1. The Morgan fingerprint density at radius 1 is 1.20 bits per heavy atom. The highest BCUT2D eigenvalue weighted by Crippen LogP contribution is 2.26. The van der Waals surface area contributed by atoms with Crippen LogP contribution in [0.2, 0.25) is 5.02 Å². The Labute approximate surface area is 183 Å². The fraction of sp³-hybridized carbons (Fsp3) is 0.286. The van der Waals surface area contributed by atoms with E-state index in [2.05, 4.69) is 15.2 Å². The summed E-state index contributed by atoms with van der Waals surface area (Å²) in [6, 6.07) is 9.36. The summed E-state index contributed by atoms with van der Waals surface area (Å²) >= 11 is 7.58. The zero-order chi connectivity index (χ0) is 21.1. The first-order valence-corrected chi connectivity index (χ1v) is 10.8. The molecule has 0 bridgehead atoms. The lowest BCUT2D eigenvalue weighted by atomic mass is 10.2. The zero-order valence-electron chi connectivity index (χ0n) is 16.4. The van der Waals surface area contributed by atoms with Crippen LogP contribution in [0, 0.1) is 6.92 Å². The molecule has 30 heavy (non-hydrogen) atoms. The highest BCUT2D eigenvalue weighted by Gasteiger charge is 2.23. The smallest absolute Gasteiger partial charge is 0.260 e. The molecule has 1 aliphatic heterocycles. The van der Waals surface area contributed by atoms with E-state index in [-0.39, 0.29) is 18.2 Å². The molecule has 3 aromatic rings. The van der Waals surface area contributed by atoms with Crippen LogP contribution < -0.4 is 10.2 Å². The predicted octanol–water partition coefficient (Wildman–Crippen LogP) is 3.84. The molecule has 0 unspecified atom stereocenters. The van der Waals surface area contributed by atoms with Crippen molar-refractivity contribution in [2.24, 2.45) is 0 Å². The fourth-order valence-corrected chi connectivity index (χ4v) is 4.36.